The van der Waals surface area contributed by atoms with Crippen molar-refractivity contribution < 1.29 is 19.7 Å². The summed E-state index contributed by atoms with van der Waals surface area (Å²) in [7, 11) is 0. The van der Waals surface area contributed by atoms with Crippen molar-refractivity contribution in [3.05, 3.63) is 29.3 Å². The molecule has 1 aromatic rings. The summed E-state index contributed by atoms with van der Waals surface area (Å²) in [5.74, 6) is -0.671. The number of carboxylic acids is 1. The SMILES string of the molecule is NC1Cc2c(O)cccc2C1OCCC(=O)O. The summed E-state index contributed by atoms with van der Waals surface area (Å²) >= 11 is 0. The van der Waals surface area contributed by atoms with Crippen LogP contribution in [0.2, 0.25) is 0 Å². The van der Waals surface area contributed by atoms with Gasteiger partial charge in [-0.3, -0.25) is 4.79 Å². The quantitative estimate of drug-likeness (QED) is 0.720. The predicted molar refractivity (Wildman–Crippen MR) is 60.7 cm³/mol. The van der Waals surface area contributed by atoms with E-state index in [0.29, 0.717) is 6.42 Å². The second kappa shape index (κ2) is 4.73. The number of fused-ring (bicyclic) bond motifs is 1. The van der Waals surface area contributed by atoms with E-state index >= 15 is 0 Å². The van der Waals surface area contributed by atoms with E-state index in [0.717, 1.165) is 11.1 Å². The van der Waals surface area contributed by atoms with E-state index in [4.69, 9.17) is 15.6 Å². The Balaban J connectivity index is 2.09. The first kappa shape index (κ1) is 11.9. The van der Waals surface area contributed by atoms with E-state index in [1.54, 1.807) is 12.1 Å². The predicted octanol–water partition coefficient (Wildman–Crippen LogP) is 0.808. The molecule has 0 fully saturated rings. The topological polar surface area (TPSA) is 92.8 Å². The molecule has 2 atom stereocenters. The zero-order chi connectivity index (χ0) is 12.4. The Labute approximate surface area is 98.8 Å². The Morgan fingerprint density at radius 3 is 3.00 bits per heavy atom. The lowest BCUT2D eigenvalue weighted by atomic mass is 10.1. The first-order chi connectivity index (χ1) is 8.09. The van der Waals surface area contributed by atoms with E-state index in [1.807, 2.05) is 6.07 Å². The van der Waals surface area contributed by atoms with Crippen molar-refractivity contribution in [2.75, 3.05) is 6.61 Å². The zero-order valence-corrected chi connectivity index (χ0v) is 9.30. The smallest absolute Gasteiger partial charge is 0.305 e. The Morgan fingerprint density at radius 1 is 1.53 bits per heavy atom. The van der Waals surface area contributed by atoms with Crippen molar-refractivity contribution in [1.29, 1.82) is 0 Å². The molecular weight excluding hydrogens is 222 g/mol. The number of hydrogen-bond acceptors (Lipinski definition) is 4. The number of carbonyl (C=O) groups is 1. The zero-order valence-electron chi connectivity index (χ0n) is 9.30. The van der Waals surface area contributed by atoms with E-state index in [2.05, 4.69) is 0 Å². The van der Waals surface area contributed by atoms with Crippen molar-refractivity contribution in [3.8, 4) is 5.75 Å². The summed E-state index contributed by atoms with van der Waals surface area (Å²) in [4.78, 5) is 10.4. The average Bonchev–Trinajstić information content (AvgIpc) is 2.57. The van der Waals surface area contributed by atoms with Gasteiger partial charge in [-0.2, -0.15) is 0 Å². The molecule has 0 aromatic heterocycles. The molecule has 1 aromatic carbocycles. The molecular formula is C12H15NO4. The average molecular weight is 237 g/mol. The molecule has 17 heavy (non-hydrogen) atoms. The minimum absolute atomic E-state index is 0.0443. The van der Waals surface area contributed by atoms with Crippen LogP contribution in [0.5, 0.6) is 5.75 Å². The molecule has 1 aliphatic rings. The van der Waals surface area contributed by atoms with Crippen LogP contribution in [0.25, 0.3) is 0 Å². The fourth-order valence-electron chi connectivity index (χ4n) is 2.14. The number of aromatic hydroxyl groups is 1. The largest absolute Gasteiger partial charge is 0.508 e. The minimum atomic E-state index is -0.896. The normalized spacial score (nSPS) is 22.4. The van der Waals surface area contributed by atoms with E-state index < -0.39 is 5.97 Å². The molecule has 0 saturated carbocycles. The van der Waals surface area contributed by atoms with Crippen molar-refractivity contribution in [2.24, 2.45) is 5.73 Å². The minimum Gasteiger partial charge on any atom is -0.508 e. The maximum Gasteiger partial charge on any atom is 0.305 e. The highest BCUT2D eigenvalue weighted by Crippen LogP contribution is 2.37. The number of carboxylic acid groups (broad SMARTS) is 1. The molecule has 2 unspecified atom stereocenters. The van der Waals surface area contributed by atoms with Gasteiger partial charge in [-0.05, 0) is 18.1 Å². The number of hydrogen-bond donors (Lipinski definition) is 3. The highest BCUT2D eigenvalue weighted by molar-refractivity contribution is 5.66. The van der Waals surface area contributed by atoms with Crippen LogP contribution in [0.15, 0.2) is 18.2 Å². The van der Waals surface area contributed by atoms with Gasteiger partial charge in [0.25, 0.3) is 0 Å². The van der Waals surface area contributed by atoms with E-state index in [9.17, 15) is 9.90 Å². The molecule has 5 heteroatoms. The van der Waals surface area contributed by atoms with Crippen molar-refractivity contribution in [1.82, 2.24) is 0 Å². The Hall–Kier alpha value is -1.59. The van der Waals surface area contributed by atoms with Gasteiger partial charge in [-0.1, -0.05) is 12.1 Å². The van der Waals surface area contributed by atoms with Gasteiger partial charge in [0, 0.05) is 11.6 Å². The van der Waals surface area contributed by atoms with Crippen molar-refractivity contribution >= 4 is 5.97 Å². The van der Waals surface area contributed by atoms with Crippen LogP contribution >= 0.6 is 0 Å². The summed E-state index contributed by atoms with van der Waals surface area (Å²) in [6.45, 7) is 0.128. The third-order valence-electron chi connectivity index (χ3n) is 2.94. The summed E-state index contributed by atoms with van der Waals surface area (Å²) in [6.07, 6.45) is 0.188. The standard InChI is InChI=1S/C12H15NO4/c13-9-6-8-7(2-1-3-10(8)14)12(9)17-5-4-11(15)16/h1-3,9,12,14H,4-6,13H2,(H,15,16). The van der Waals surface area contributed by atoms with E-state index in [-0.39, 0.29) is 30.9 Å². The molecule has 0 heterocycles. The van der Waals surface area contributed by atoms with Crippen molar-refractivity contribution in [3.63, 3.8) is 0 Å². The number of aliphatic carboxylic acids is 1. The fourth-order valence-corrected chi connectivity index (χ4v) is 2.14. The van der Waals surface area contributed by atoms with Gasteiger partial charge < -0.3 is 20.7 Å². The number of phenolic OH excluding ortho intramolecular Hbond substituents is 1. The van der Waals surface area contributed by atoms with Gasteiger partial charge in [-0.15, -0.1) is 0 Å². The lowest BCUT2D eigenvalue weighted by Gasteiger charge is -2.17. The number of ether oxygens (including phenoxy) is 1. The highest BCUT2D eigenvalue weighted by Gasteiger charge is 2.32. The first-order valence-electron chi connectivity index (χ1n) is 5.49. The van der Waals surface area contributed by atoms with Crippen LogP contribution < -0.4 is 5.73 Å². The van der Waals surface area contributed by atoms with Gasteiger partial charge in [0.05, 0.1) is 19.1 Å². The maximum absolute atomic E-state index is 10.4. The number of phenols is 1. The lowest BCUT2D eigenvalue weighted by molar-refractivity contribution is -0.138. The maximum atomic E-state index is 10.4. The Morgan fingerprint density at radius 2 is 2.29 bits per heavy atom. The molecule has 92 valence electrons. The van der Waals surface area contributed by atoms with Crippen LogP contribution in [0.1, 0.15) is 23.7 Å². The molecule has 0 spiro atoms. The highest BCUT2D eigenvalue weighted by atomic mass is 16.5. The summed E-state index contributed by atoms with van der Waals surface area (Å²) in [5, 5.41) is 18.2. The van der Waals surface area contributed by atoms with Gasteiger partial charge in [-0.25, -0.2) is 0 Å². The van der Waals surface area contributed by atoms with Gasteiger partial charge in [0.15, 0.2) is 0 Å². The molecule has 0 amide bonds. The van der Waals surface area contributed by atoms with Crippen LogP contribution in [-0.4, -0.2) is 28.8 Å². The number of nitrogens with two attached hydrogens (primary N) is 1. The van der Waals surface area contributed by atoms with E-state index in [1.165, 1.54) is 0 Å². The third kappa shape index (κ3) is 2.40. The number of rotatable bonds is 4. The molecule has 0 bridgehead atoms. The van der Waals surface area contributed by atoms with Crippen LogP contribution in [0.3, 0.4) is 0 Å². The van der Waals surface area contributed by atoms with Gasteiger partial charge in [0.2, 0.25) is 0 Å². The summed E-state index contributed by atoms with van der Waals surface area (Å²) < 4.78 is 5.49. The monoisotopic (exact) mass is 237 g/mol. The molecule has 4 N–H and O–H groups in total. The Kier molecular flexibility index (Phi) is 3.31. The second-order valence-corrected chi connectivity index (χ2v) is 4.15. The number of benzene rings is 1. The van der Waals surface area contributed by atoms with Crippen LogP contribution in [0.4, 0.5) is 0 Å². The lowest BCUT2D eigenvalue weighted by Crippen LogP contribution is -2.27. The summed E-state index contributed by atoms with van der Waals surface area (Å²) in [5.41, 5.74) is 7.60. The van der Waals surface area contributed by atoms with Crippen molar-refractivity contribution in [2.45, 2.75) is 25.0 Å². The third-order valence-corrected chi connectivity index (χ3v) is 2.94. The molecule has 2 rings (SSSR count). The molecule has 1 aliphatic carbocycles. The fraction of sp³-hybridized carbons (Fsp3) is 0.417. The summed E-state index contributed by atoms with van der Waals surface area (Å²) in [6, 6.07) is 4.98. The molecule has 0 radical (unpaired) electrons. The Bertz CT molecular complexity index is 433. The van der Waals surface area contributed by atoms with Gasteiger partial charge in [0.1, 0.15) is 5.75 Å². The molecule has 0 aliphatic heterocycles. The molecule has 5 nitrogen and oxygen atoms in total. The second-order valence-electron chi connectivity index (χ2n) is 4.15. The molecule has 0 saturated heterocycles. The van der Waals surface area contributed by atoms with Crippen LogP contribution in [0, 0.1) is 0 Å². The van der Waals surface area contributed by atoms with Crippen LogP contribution in [-0.2, 0) is 16.0 Å². The van der Waals surface area contributed by atoms with Gasteiger partial charge >= 0.3 is 5.97 Å². The first-order valence-corrected chi connectivity index (χ1v) is 5.49.